The molecule has 0 aromatic heterocycles. The van der Waals surface area contributed by atoms with Crippen molar-refractivity contribution in [2.24, 2.45) is 0 Å². The van der Waals surface area contributed by atoms with Gasteiger partial charge in [-0.15, -0.1) is 0 Å². The zero-order chi connectivity index (χ0) is 50.7. The Bertz CT molecular complexity index is 1130. The molecule has 1 atom stereocenters. The molecule has 412 valence electrons. The van der Waals surface area contributed by atoms with E-state index in [9.17, 15) is 14.4 Å². The van der Waals surface area contributed by atoms with Crippen molar-refractivity contribution in [3.63, 3.8) is 0 Å². The summed E-state index contributed by atoms with van der Waals surface area (Å²) >= 11 is 0. The van der Waals surface area contributed by atoms with E-state index in [1.807, 2.05) is 0 Å². The maximum absolute atomic E-state index is 12.9. The Kier molecular flexibility index (Phi) is 57.7. The first-order chi connectivity index (χ1) is 34.5. The lowest BCUT2D eigenvalue weighted by Crippen LogP contribution is -2.30. The summed E-state index contributed by atoms with van der Waals surface area (Å²) < 4.78 is 16.9. The van der Waals surface area contributed by atoms with Crippen LogP contribution in [0.4, 0.5) is 0 Å². The number of hydrogen-bond donors (Lipinski definition) is 0. The number of carbonyl (C=O) groups excluding carboxylic acids is 3. The maximum atomic E-state index is 12.9. The van der Waals surface area contributed by atoms with E-state index in [1.165, 1.54) is 244 Å². The summed E-state index contributed by atoms with van der Waals surface area (Å²) in [5.74, 6) is -0.842. The van der Waals surface area contributed by atoms with Crippen LogP contribution in [0.2, 0.25) is 0 Å². The molecule has 0 radical (unpaired) electrons. The predicted octanol–water partition coefficient (Wildman–Crippen LogP) is 21.1. The van der Waals surface area contributed by atoms with Crippen LogP contribution in [0.15, 0.2) is 24.3 Å². The highest BCUT2D eigenvalue weighted by Crippen LogP contribution is 2.18. The molecule has 0 N–H and O–H groups in total. The number of ether oxygens (including phenoxy) is 3. The number of hydrogen-bond acceptors (Lipinski definition) is 6. The van der Waals surface area contributed by atoms with Gasteiger partial charge in [-0.3, -0.25) is 14.4 Å². The minimum atomic E-state index is -0.767. The monoisotopic (exact) mass is 985 g/mol. The molecule has 0 aliphatic carbocycles. The largest absolute Gasteiger partial charge is 0.462 e. The van der Waals surface area contributed by atoms with Gasteiger partial charge in [-0.05, 0) is 51.4 Å². The molecule has 0 aliphatic rings. The second-order valence-corrected chi connectivity index (χ2v) is 21.3. The smallest absolute Gasteiger partial charge is 0.306 e. The van der Waals surface area contributed by atoms with Crippen molar-refractivity contribution in [1.29, 1.82) is 0 Å². The van der Waals surface area contributed by atoms with E-state index in [-0.39, 0.29) is 31.1 Å². The standard InChI is InChI=1S/C64H120O6/c1-4-7-10-13-16-19-22-25-27-29-30-31-32-33-34-36-37-39-42-45-48-51-54-57-63(66)69-60-61(59-68-62(65)56-53-50-47-44-41-24-21-18-15-12-9-6-3)70-64(67)58-55-52-49-46-43-40-38-35-28-26-23-20-17-14-11-8-5-2/h22,25,29-30,61H,4-21,23-24,26-28,31-60H2,1-3H3/b25-22-,30-29-. The van der Waals surface area contributed by atoms with Crippen LogP contribution < -0.4 is 0 Å². The van der Waals surface area contributed by atoms with Gasteiger partial charge < -0.3 is 14.2 Å². The molecule has 0 fully saturated rings. The molecule has 0 aromatic carbocycles. The molecular formula is C64H120O6. The fraction of sp³-hybridized carbons (Fsp3) is 0.891. The Balaban J connectivity index is 4.25. The maximum Gasteiger partial charge on any atom is 0.306 e. The summed E-state index contributed by atoms with van der Waals surface area (Å²) in [5.41, 5.74) is 0. The fourth-order valence-corrected chi connectivity index (χ4v) is 9.48. The van der Waals surface area contributed by atoms with Crippen LogP contribution in [0, 0.1) is 0 Å². The van der Waals surface area contributed by atoms with Gasteiger partial charge in [0.15, 0.2) is 6.10 Å². The quantitative estimate of drug-likeness (QED) is 0.0261. The predicted molar refractivity (Wildman–Crippen MR) is 303 cm³/mol. The van der Waals surface area contributed by atoms with E-state index in [4.69, 9.17) is 14.2 Å². The molecule has 0 rings (SSSR count). The normalized spacial score (nSPS) is 12.1. The first-order valence-corrected chi connectivity index (χ1v) is 31.3. The second kappa shape index (κ2) is 59.5. The lowest BCUT2D eigenvalue weighted by molar-refractivity contribution is -0.167. The average molecular weight is 986 g/mol. The third-order valence-corrected chi connectivity index (χ3v) is 14.2. The van der Waals surface area contributed by atoms with Gasteiger partial charge >= 0.3 is 17.9 Å². The molecule has 0 spiro atoms. The van der Waals surface area contributed by atoms with Crippen molar-refractivity contribution in [3.05, 3.63) is 24.3 Å². The van der Waals surface area contributed by atoms with Gasteiger partial charge in [0.25, 0.3) is 0 Å². The number of allylic oxidation sites excluding steroid dienone is 4. The van der Waals surface area contributed by atoms with Crippen molar-refractivity contribution in [1.82, 2.24) is 0 Å². The molecule has 0 aromatic rings. The highest BCUT2D eigenvalue weighted by Gasteiger charge is 2.19. The molecule has 6 nitrogen and oxygen atoms in total. The van der Waals surface area contributed by atoms with E-state index in [0.29, 0.717) is 19.3 Å². The van der Waals surface area contributed by atoms with Crippen molar-refractivity contribution < 1.29 is 28.6 Å². The fourth-order valence-electron chi connectivity index (χ4n) is 9.48. The Morgan fingerprint density at radius 2 is 0.514 bits per heavy atom. The van der Waals surface area contributed by atoms with E-state index in [1.54, 1.807) is 0 Å². The zero-order valence-electron chi connectivity index (χ0n) is 47.3. The molecule has 0 heterocycles. The SMILES string of the molecule is CCCCCCC/C=C\C/C=C\CCCCCCCCCCCCCC(=O)OCC(COC(=O)CCCCCCCCCCCCCC)OC(=O)CCCCCCCCCCCCCCCCCCC. The number of rotatable bonds is 58. The Morgan fingerprint density at radius 1 is 0.286 bits per heavy atom. The molecule has 0 saturated carbocycles. The van der Waals surface area contributed by atoms with Crippen molar-refractivity contribution >= 4 is 17.9 Å². The molecular weight excluding hydrogens is 865 g/mol. The topological polar surface area (TPSA) is 78.9 Å². The van der Waals surface area contributed by atoms with Gasteiger partial charge in [0.2, 0.25) is 0 Å². The molecule has 70 heavy (non-hydrogen) atoms. The van der Waals surface area contributed by atoms with Gasteiger partial charge in [-0.25, -0.2) is 0 Å². The lowest BCUT2D eigenvalue weighted by Gasteiger charge is -2.18. The van der Waals surface area contributed by atoms with Crippen LogP contribution >= 0.6 is 0 Å². The van der Waals surface area contributed by atoms with E-state index >= 15 is 0 Å². The Morgan fingerprint density at radius 3 is 0.786 bits per heavy atom. The van der Waals surface area contributed by atoms with Gasteiger partial charge in [0.05, 0.1) is 0 Å². The molecule has 0 bridgehead atoms. The summed E-state index contributed by atoms with van der Waals surface area (Å²) in [7, 11) is 0. The summed E-state index contributed by atoms with van der Waals surface area (Å²) in [6.07, 6.45) is 70.3. The molecule has 0 aliphatic heterocycles. The number of esters is 3. The third kappa shape index (κ3) is 56.8. The summed E-state index contributed by atoms with van der Waals surface area (Å²) in [6.45, 7) is 6.69. The van der Waals surface area contributed by atoms with Crippen LogP contribution in [-0.2, 0) is 28.6 Å². The number of unbranched alkanes of at least 4 members (excludes halogenated alkanes) is 43. The molecule has 0 saturated heterocycles. The van der Waals surface area contributed by atoms with Crippen LogP contribution in [0.1, 0.15) is 348 Å². The highest BCUT2D eigenvalue weighted by molar-refractivity contribution is 5.71. The molecule has 0 amide bonds. The number of carbonyl (C=O) groups is 3. The van der Waals surface area contributed by atoms with Gasteiger partial charge in [-0.2, -0.15) is 0 Å². The van der Waals surface area contributed by atoms with Crippen molar-refractivity contribution in [2.45, 2.75) is 354 Å². The van der Waals surface area contributed by atoms with E-state index in [2.05, 4.69) is 45.1 Å². The first-order valence-electron chi connectivity index (χ1n) is 31.3. The van der Waals surface area contributed by atoms with Crippen molar-refractivity contribution in [2.75, 3.05) is 13.2 Å². The minimum absolute atomic E-state index is 0.0655. The van der Waals surface area contributed by atoms with Crippen LogP contribution in [0.5, 0.6) is 0 Å². The van der Waals surface area contributed by atoms with Gasteiger partial charge in [0.1, 0.15) is 13.2 Å². The van der Waals surface area contributed by atoms with Crippen LogP contribution in [-0.4, -0.2) is 37.2 Å². The lowest BCUT2D eigenvalue weighted by atomic mass is 10.0. The van der Waals surface area contributed by atoms with Crippen LogP contribution in [0.3, 0.4) is 0 Å². The Labute approximate surface area is 436 Å². The summed E-state index contributed by atoms with van der Waals surface area (Å²) in [4.78, 5) is 38.2. The van der Waals surface area contributed by atoms with Gasteiger partial charge in [0, 0.05) is 19.3 Å². The summed E-state index contributed by atoms with van der Waals surface area (Å²) in [6, 6.07) is 0. The molecule has 6 heteroatoms. The zero-order valence-corrected chi connectivity index (χ0v) is 47.3. The highest BCUT2D eigenvalue weighted by atomic mass is 16.6. The molecule has 1 unspecified atom stereocenters. The van der Waals surface area contributed by atoms with E-state index < -0.39 is 6.10 Å². The second-order valence-electron chi connectivity index (χ2n) is 21.3. The van der Waals surface area contributed by atoms with Crippen LogP contribution in [0.25, 0.3) is 0 Å². The average Bonchev–Trinajstić information content (AvgIpc) is 3.36. The summed E-state index contributed by atoms with van der Waals surface area (Å²) in [5, 5.41) is 0. The third-order valence-electron chi connectivity index (χ3n) is 14.2. The van der Waals surface area contributed by atoms with Gasteiger partial charge in [-0.1, -0.05) is 302 Å². The van der Waals surface area contributed by atoms with Crippen molar-refractivity contribution in [3.8, 4) is 0 Å². The van der Waals surface area contributed by atoms with E-state index in [0.717, 1.165) is 64.2 Å². The minimum Gasteiger partial charge on any atom is -0.462 e. The Hall–Kier alpha value is -2.11. The first kappa shape index (κ1) is 67.9.